The zero-order valence-corrected chi connectivity index (χ0v) is 33.5. The molecule has 1 aromatic rings. The molecule has 2 saturated carbocycles. The number of thiol groups is 1. The maximum Gasteiger partial charge on any atom is 0.207 e. The number of allylic oxidation sites excluding steroid dienone is 1. The Kier molecular flexibility index (Phi) is 15.1. The molecule has 2 N–H and O–H groups in total. The highest BCUT2D eigenvalue weighted by Crippen LogP contribution is 2.61. The number of piperidine rings is 1. The summed E-state index contributed by atoms with van der Waals surface area (Å²) in [5.41, 5.74) is 5.71. The molecule has 0 bridgehead atoms. The van der Waals surface area contributed by atoms with Gasteiger partial charge in [0, 0.05) is 23.7 Å². The summed E-state index contributed by atoms with van der Waals surface area (Å²) >= 11 is 4.19. The van der Waals surface area contributed by atoms with E-state index in [1.54, 1.807) is 5.56 Å². The summed E-state index contributed by atoms with van der Waals surface area (Å²) < 4.78 is 6.41. The van der Waals surface area contributed by atoms with Crippen molar-refractivity contribution in [3.8, 4) is 5.75 Å². The van der Waals surface area contributed by atoms with Crippen molar-refractivity contribution in [3.05, 3.63) is 41.5 Å². The van der Waals surface area contributed by atoms with Crippen LogP contribution in [-0.4, -0.2) is 62.9 Å². The monoisotopic (exact) mass is 704 g/mol. The Morgan fingerprint density at radius 1 is 1.20 bits per heavy atom. The van der Waals surface area contributed by atoms with Crippen molar-refractivity contribution < 1.29 is 9.53 Å². The molecule has 1 saturated heterocycles. The van der Waals surface area contributed by atoms with Gasteiger partial charge in [-0.15, -0.1) is 6.58 Å². The third-order valence-corrected chi connectivity index (χ3v) is 14.0. The van der Waals surface area contributed by atoms with Gasteiger partial charge in [-0.2, -0.15) is 12.6 Å². The predicted octanol–water partition coefficient (Wildman–Crippen LogP) is 9.99. The molecule has 1 amide bonds. The van der Waals surface area contributed by atoms with Crippen LogP contribution in [0.15, 0.2) is 30.4 Å². The molecular formula is C43H70BN3O2S. The van der Waals surface area contributed by atoms with Crippen LogP contribution in [0.2, 0.25) is 5.31 Å². The molecule has 50 heavy (non-hydrogen) atoms. The number of amides is 1. The number of nitrogens with one attached hydrogen (secondary N) is 2. The van der Waals surface area contributed by atoms with E-state index < -0.39 is 0 Å². The Morgan fingerprint density at radius 3 is 2.60 bits per heavy atom. The highest BCUT2D eigenvalue weighted by Gasteiger charge is 2.55. The molecule has 0 spiro atoms. The van der Waals surface area contributed by atoms with Crippen LogP contribution < -0.4 is 10.1 Å². The molecule has 1 aromatic carbocycles. The molecule has 4 aliphatic rings. The third-order valence-electron chi connectivity index (χ3n) is 13.6. The fraction of sp³-hybridized carbons (Fsp3) is 0.767. The first-order valence-electron chi connectivity index (χ1n) is 20.0. The summed E-state index contributed by atoms with van der Waals surface area (Å²) in [6.45, 7) is 21.2. The smallest absolute Gasteiger partial charge is 0.207 e. The van der Waals surface area contributed by atoms with Gasteiger partial charge < -0.3 is 20.4 Å². The lowest BCUT2D eigenvalue weighted by Gasteiger charge is -2.52. The largest absolute Gasteiger partial charge is 0.494 e. The molecule has 1 aliphatic heterocycles. The van der Waals surface area contributed by atoms with Crippen LogP contribution in [0, 0.1) is 34.0 Å². The average molecular weight is 704 g/mol. The first-order chi connectivity index (χ1) is 23.7. The van der Waals surface area contributed by atoms with Gasteiger partial charge in [-0.1, -0.05) is 58.0 Å². The van der Waals surface area contributed by atoms with Crippen LogP contribution >= 0.6 is 12.6 Å². The number of hydrogen-bond donors (Lipinski definition) is 3. The SMILES string of the molecule is C=C(C)CC[C@@H]1Cc2cc(OCCC(CCNC=O)N3CCCCC3)ccc2C2CCC3(C)C(=N)CCC3C21.[B]C(C)(C)C(C)(C)CCCS. The molecule has 7 heteroatoms. The Balaban J connectivity index is 0.000000442. The number of fused-ring (bicyclic) bond motifs is 5. The molecule has 1 heterocycles. The van der Waals surface area contributed by atoms with Crippen molar-refractivity contribution in [2.24, 2.45) is 28.6 Å². The summed E-state index contributed by atoms with van der Waals surface area (Å²) in [4.78, 5) is 13.4. The van der Waals surface area contributed by atoms with E-state index in [2.05, 4.69) is 89.2 Å². The lowest BCUT2D eigenvalue weighted by Crippen LogP contribution is -2.46. The summed E-state index contributed by atoms with van der Waals surface area (Å²) in [6.07, 6.45) is 17.0. The fourth-order valence-corrected chi connectivity index (χ4v) is 9.80. The second-order valence-corrected chi connectivity index (χ2v) is 18.2. The van der Waals surface area contributed by atoms with E-state index in [1.807, 2.05) is 0 Å². The van der Waals surface area contributed by atoms with Crippen molar-refractivity contribution in [2.75, 3.05) is 32.0 Å². The van der Waals surface area contributed by atoms with Crippen LogP contribution in [0.25, 0.3) is 0 Å². The number of likely N-dealkylation sites (tertiary alicyclic amines) is 1. The van der Waals surface area contributed by atoms with Gasteiger partial charge in [-0.05, 0) is 162 Å². The Hall–Kier alpha value is -1.73. The zero-order chi connectivity index (χ0) is 36.5. The normalized spacial score (nSPS) is 27.2. The summed E-state index contributed by atoms with van der Waals surface area (Å²) in [5.74, 6) is 4.60. The minimum Gasteiger partial charge on any atom is -0.494 e. The maximum absolute atomic E-state index is 10.8. The van der Waals surface area contributed by atoms with E-state index in [4.69, 9.17) is 18.0 Å². The van der Waals surface area contributed by atoms with Crippen LogP contribution in [0.1, 0.15) is 142 Å². The quantitative estimate of drug-likeness (QED) is 0.0528. The van der Waals surface area contributed by atoms with E-state index in [0.29, 0.717) is 36.3 Å². The molecular weight excluding hydrogens is 633 g/mol. The van der Waals surface area contributed by atoms with Crippen LogP contribution in [0.4, 0.5) is 0 Å². The van der Waals surface area contributed by atoms with Crippen molar-refractivity contribution in [1.82, 2.24) is 10.2 Å². The Bertz CT molecular complexity index is 1270. The van der Waals surface area contributed by atoms with Gasteiger partial charge in [0.05, 0.1) is 14.5 Å². The maximum atomic E-state index is 10.8. The molecule has 3 fully saturated rings. The highest BCUT2D eigenvalue weighted by atomic mass is 32.1. The van der Waals surface area contributed by atoms with E-state index >= 15 is 0 Å². The van der Waals surface area contributed by atoms with Gasteiger partial charge in [-0.3, -0.25) is 4.79 Å². The van der Waals surface area contributed by atoms with Crippen LogP contribution in [0.5, 0.6) is 5.75 Å². The van der Waals surface area contributed by atoms with Crippen molar-refractivity contribution >= 4 is 32.6 Å². The minimum absolute atomic E-state index is 0.0874. The fourth-order valence-electron chi connectivity index (χ4n) is 9.64. The van der Waals surface area contributed by atoms with Crippen LogP contribution in [-0.2, 0) is 11.2 Å². The number of carbonyl (C=O) groups excluding carboxylic acids is 1. The molecule has 5 nitrogen and oxygen atoms in total. The molecule has 0 aromatic heterocycles. The van der Waals surface area contributed by atoms with Gasteiger partial charge in [0.15, 0.2) is 0 Å². The number of nitrogens with zero attached hydrogens (tertiary/aromatic N) is 1. The summed E-state index contributed by atoms with van der Waals surface area (Å²) in [7, 11) is 6.03. The third kappa shape index (κ3) is 10.2. The number of rotatable bonds is 16. The molecule has 2 radical (unpaired) electrons. The topological polar surface area (TPSA) is 65.4 Å². The Morgan fingerprint density at radius 2 is 1.94 bits per heavy atom. The first kappa shape index (κ1) is 41.0. The Labute approximate surface area is 313 Å². The van der Waals surface area contributed by atoms with Crippen molar-refractivity contribution in [3.63, 3.8) is 0 Å². The van der Waals surface area contributed by atoms with Gasteiger partial charge in [0.25, 0.3) is 0 Å². The lowest BCUT2D eigenvalue weighted by molar-refractivity contribution is -0.109. The number of benzene rings is 1. The number of hydrogen-bond acceptors (Lipinski definition) is 5. The van der Waals surface area contributed by atoms with Crippen LogP contribution in [0.3, 0.4) is 0 Å². The first-order valence-corrected chi connectivity index (χ1v) is 20.6. The number of carbonyl (C=O) groups is 1. The van der Waals surface area contributed by atoms with E-state index in [0.717, 1.165) is 88.2 Å². The van der Waals surface area contributed by atoms with E-state index in [9.17, 15) is 4.79 Å². The molecule has 5 unspecified atom stereocenters. The second-order valence-electron chi connectivity index (χ2n) is 17.8. The standard InChI is InChI=1S/C34H51N3O2.C9H19BS/c1-24(2)7-8-25-21-26-22-28(39-20-15-27(14-17-36-23-38)37-18-5-4-6-19-37)9-10-29(26)30-13-16-34(3)31(33(25)30)11-12-32(34)35;1-8(2,6-5-7-11)9(3,4)10/h9-10,22-23,25,27,30-31,33,35H,1,4-8,11-21H2,2-3H3,(H,36,38);11H,5-7H2,1-4H3/t25-,27?,30?,31?,33?,34?;/m1./s1. The van der Waals surface area contributed by atoms with Crippen molar-refractivity contribution in [1.29, 1.82) is 5.41 Å². The van der Waals surface area contributed by atoms with Crippen molar-refractivity contribution in [2.45, 2.75) is 149 Å². The predicted molar refractivity (Wildman–Crippen MR) is 216 cm³/mol. The summed E-state index contributed by atoms with van der Waals surface area (Å²) in [5, 5.41) is 11.5. The highest BCUT2D eigenvalue weighted by molar-refractivity contribution is 7.80. The molecule has 278 valence electrons. The molecule has 6 atom stereocenters. The van der Waals surface area contributed by atoms with E-state index in [1.165, 1.54) is 56.1 Å². The zero-order valence-electron chi connectivity index (χ0n) is 32.6. The van der Waals surface area contributed by atoms with Gasteiger partial charge in [0.2, 0.25) is 6.41 Å². The van der Waals surface area contributed by atoms with E-state index in [-0.39, 0.29) is 16.1 Å². The molecule has 3 aliphatic carbocycles. The summed E-state index contributed by atoms with van der Waals surface area (Å²) in [6, 6.07) is 7.42. The van der Waals surface area contributed by atoms with Gasteiger partial charge >= 0.3 is 0 Å². The second kappa shape index (κ2) is 18.4. The molecule has 5 rings (SSSR count). The lowest BCUT2D eigenvalue weighted by atomic mass is 9.52. The average Bonchev–Trinajstić information content (AvgIpc) is 3.39. The number of ether oxygens (including phenoxy) is 1. The van der Waals surface area contributed by atoms with Gasteiger partial charge in [0.1, 0.15) is 5.75 Å². The minimum atomic E-state index is -0.0874. The van der Waals surface area contributed by atoms with Gasteiger partial charge in [-0.25, -0.2) is 0 Å².